The van der Waals surface area contributed by atoms with E-state index in [1.54, 1.807) is 18.5 Å². The van der Waals surface area contributed by atoms with Crippen molar-refractivity contribution in [1.29, 1.82) is 0 Å². The fourth-order valence-corrected chi connectivity index (χ4v) is 4.84. The number of amides is 2. The normalized spacial score (nSPS) is 13.9. The Balaban J connectivity index is 1.37. The maximum atomic E-state index is 12.6. The van der Waals surface area contributed by atoms with Crippen LogP contribution < -0.4 is 10.6 Å². The fourth-order valence-electron chi connectivity index (χ4n) is 4.84. The molecule has 2 amide bonds. The SMILES string of the molecule is CC(C)(C)OC(=O)NC1(c2ccc(-c3cnc(NC(=O)OCc4ccccc4)cc3-c3ccccn3)cc2)CCC1. The molecule has 8 heteroatoms. The number of hydrogen-bond acceptors (Lipinski definition) is 6. The van der Waals surface area contributed by atoms with Gasteiger partial charge in [-0.15, -0.1) is 0 Å². The number of nitrogens with one attached hydrogen (secondary N) is 2. The Morgan fingerprint density at radius 2 is 1.61 bits per heavy atom. The molecule has 41 heavy (non-hydrogen) atoms. The zero-order valence-electron chi connectivity index (χ0n) is 23.5. The van der Waals surface area contributed by atoms with Crippen molar-refractivity contribution in [3.8, 4) is 22.4 Å². The average Bonchev–Trinajstić information content (AvgIpc) is 2.94. The first-order chi connectivity index (χ1) is 19.7. The monoisotopic (exact) mass is 550 g/mol. The zero-order valence-corrected chi connectivity index (χ0v) is 23.5. The lowest BCUT2D eigenvalue weighted by Crippen LogP contribution is -2.52. The third-order valence-electron chi connectivity index (χ3n) is 6.98. The van der Waals surface area contributed by atoms with E-state index in [4.69, 9.17) is 9.47 Å². The van der Waals surface area contributed by atoms with Crippen LogP contribution in [0.15, 0.2) is 91.3 Å². The van der Waals surface area contributed by atoms with Crippen molar-refractivity contribution in [2.45, 2.75) is 57.8 Å². The third-order valence-corrected chi connectivity index (χ3v) is 6.98. The third kappa shape index (κ3) is 6.90. The summed E-state index contributed by atoms with van der Waals surface area (Å²) in [5, 5.41) is 5.84. The second-order valence-electron chi connectivity index (χ2n) is 11.2. The molecule has 2 aromatic heterocycles. The smallest absolute Gasteiger partial charge is 0.413 e. The van der Waals surface area contributed by atoms with Crippen molar-refractivity contribution < 1.29 is 19.1 Å². The van der Waals surface area contributed by atoms with Crippen molar-refractivity contribution in [2.75, 3.05) is 5.32 Å². The van der Waals surface area contributed by atoms with Crippen molar-refractivity contribution in [1.82, 2.24) is 15.3 Å². The van der Waals surface area contributed by atoms with Crippen molar-refractivity contribution >= 4 is 18.0 Å². The first-order valence-corrected chi connectivity index (χ1v) is 13.7. The molecular weight excluding hydrogens is 516 g/mol. The van der Waals surface area contributed by atoms with Gasteiger partial charge >= 0.3 is 12.2 Å². The molecule has 4 aromatic rings. The summed E-state index contributed by atoms with van der Waals surface area (Å²) < 4.78 is 10.9. The molecular formula is C33H34N4O4. The van der Waals surface area contributed by atoms with Crippen LogP contribution in [0.2, 0.25) is 0 Å². The number of ether oxygens (including phenoxy) is 2. The zero-order chi connectivity index (χ0) is 28.9. The van der Waals surface area contributed by atoms with Gasteiger partial charge in [0.15, 0.2) is 0 Å². The Morgan fingerprint density at radius 1 is 0.878 bits per heavy atom. The Labute approximate surface area is 240 Å². The summed E-state index contributed by atoms with van der Waals surface area (Å²) in [6, 6.07) is 25.1. The molecule has 0 unspecified atom stereocenters. The van der Waals surface area contributed by atoms with Crippen molar-refractivity contribution in [3.05, 3.63) is 102 Å². The number of nitrogens with zero attached hydrogens (tertiary/aromatic N) is 2. The summed E-state index contributed by atoms with van der Waals surface area (Å²) in [5.41, 5.74) is 4.30. The Hall–Kier alpha value is -4.72. The number of benzene rings is 2. The van der Waals surface area contributed by atoms with Crippen LogP contribution in [-0.4, -0.2) is 27.8 Å². The Kier molecular flexibility index (Phi) is 8.01. The molecule has 2 aromatic carbocycles. The van der Waals surface area contributed by atoms with Crippen LogP contribution in [0, 0.1) is 0 Å². The molecule has 2 heterocycles. The number of carbonyl (C=O) groups is 2. The molecule has 1 saturated carbocycles. The number of hydrogen-bond donors (Lipinski definition) is 2. The number of rotatable bonds is 7. The van der Waals surface area contributed by atoms with Gasteiger partial charge in [-0.2, -0.15) is 0 Å². The molecule has 0 radical (unpaired) electrons. The summed E-state index contributed by atoms with van der Waals surface area (Å²) in [5.74, 6) is 0.360. The molecule has 0 spiro atoms. The van der Waals surface area contributed by atoms with Gasteiger partial charge in [0.2, 0.25) is 0 Å². The van der Waals surface area contributed by atoms with Gasteiger partial charge in [-0.05, 0) is 74.9 Å². The predicted molar refractivity (Wildman–Crippen MR) is 158 cm³/mol. The van der Waals surface area contributed by atoms with Gasteiger partial charge in [-0.1, -0.05) is 60.7 Å². The summed E-state index contributed by atoms with van der Waals surface area (Å²) >= 11 is 0. The molecule has 0 atom stereocenters. The maximum Gasteiger partial charge on any atom is 0.413 e. The van der Waals surface area contributed by atoms with Gasteiger partial charge in [0.1, 0.15) is 18.0 Å². The Morgan fingerprint density at radius 3 is 2.24 bits per heavy atom. The minimum Gasteiger partial charge on any atom is -0.444 e. The van der Waals surface area contributed by atoms with Crippen LogP contribution in [-0.2, 0) is 21.6 Å². The molecule has 210 valence electrons. The molecule has 8 nitrogen and oxygen atoms in total. The van der Waals surface area contributed by atoms with E-state index in [0.29, 0.717) is 5.82 Å². The van der Waals surface area contributed by atoms with E-state index < -0.39 is 23.3 Å². The van der Waals surface area contributed by atoms with Crippen LogP contribution in [0.4, 0.5) is 15.4 Å². The molecule has 1 aliphatic carbocycles. The fraction of sp³-hybridized carbons (Fsp3) is 0.273. The highest BCUT2D eigenvalue weighted by Crippen LogP contribution is 2.42. The van der Waals surface area contributed by atoms with Crippen LogP contribution in [0.5, 0.6) is 0 Å². The molecule has 1 aliphatic rings. The average molecular weight is 551 g/mol. The van der Waals surface area contributed by atoms with Gasteiger partial charge < -0.3 is 14.8 Å². The van der Waals surface area contributed by atoms with Crippen LogP contribution in [0.1, 0.15) is 51.2 Å². The first-order valence-electron chi connectivity index (χ1n) is 13.7. The van der Waals surface area contributed by atoms with E-state index in [0.717, 1.165) is 52.8 Å². The van der Waals surface area contributed by atoms with E-state index in [9.17, 15) is 9.59 Å². The molecule has 0 bridgehead atoms. The lowest BCUT2D eigenvalue weighted by molar-refractivity contribution is 0.0377. The lowest BCUT2D eigenvalue weighted by atomic mass is 9.71. The second-order valence-corrected chi connectivity index (χ2v) is 11.2. The molecule has 0 aliphatic heterocycles. The molecule has 2 N–H and O–H groups in total. The topological polar surface area (TPSA) is 102 Å². The van der Waals surface area contributed by atoms with Gasteiger partial charge in [-0.3, -0.25) is 10.3 Å². The van der Waals surface area contributed by atoms with Gasteiger partial charge in [-0.25, -0.2) is 14.6 Å². The minimum atomic E-state index is -0.589. The molecule has 0 saturated heterocycles. The van der Waals surface area contributed by atoms with Crippen molar-refractivity contribution in [3.63, 3.8) is 0 Å². The highest BCUT2D eigenvalue weighted by atomic mass is 16.6. The molecule has 5 rings (SSSR count). The van der Waals surface area contributed by atoms with Crippen LogP contribution >= 0.6 is 0 Å². The van der Waals surface area contributed by atoms with E-state index in [1.165, 1.54) is 0 Å². The maximum absolute atomic E-state index is 12.6. The van der Waals surface area contributed by atoms with E-state index in [-0.39, 0.29) is 6.61 Å². The van der Waals surface area contributed by atoms with E-state index in [1.807, 2.05) is 93.6 Å². The summed E-state index contributed by atoms with van der Waals surface area (Å²) in [6.07, 6.45) is 5.20. The highest BCUT2D eigenvalue weighted by Gasteiger charge is 2.41. The number of aromatic nitrogens is 2. The number of pyridine rings is 2. The minimum absolute atomic E-state index is 0.161. The van der Waals surface area contributed by atoms with Gasteiger partial charge in [0, 0.05) is 23.5 Å². The first kappa shape index (κ1) is 27.8. The Bertz CT molecular complexity index is 1500. The summed E-state index contributed by atoms with van der Waals surface area (Å²) in [4.78, 5) is 34.1. The number of alkyl carbamates (subject to hydrolysis) is 1. The molecule has 1 fully saturated rings. The van der Waals surface area contributed by atoms with Gasteiger partial charge in [0.25, 0.3) is 0 Å². The lowest BCUT2D eigenvalue weighted by Gasteiger charge is -2.43. The number of anilines is 1. The standard InChI is InChI=1S/C33H34N4O4/c1-32(2,3)41-31(39)37-33(17-9-18-33)25-15-13-24(14-16-25)27-21-35-29(20-26(27)28-12-7-8-19-34-28)36-30(38)40-22-23-10-5-4-6-11-23/h4-8,10-16,19-21H,9,17-18,22H2,1-3H3,(H,37,39)(H,35,36,38). The largest absolute Gasteiger partial charge is 0.444 e. The van der Waals surface area contributed by atoms with Crippen LogP contribution in [0.25, 0.3) is 22.4 Å². The van der Waals surface area contributed by atoms with E-state index >= 15 is 0 Å². The van der Waals surface area contributed by atoms with E-state index in [2.05, 4.69) is 20.6 Å². The van der Waals surface area contributed by atoms with Crippen molar-refractivity contribution in [2.24, 2.45) is 0 Å². The summed E-state index contributed by atoms with van der Waals surface area (Å²) in [7, 11) is 0. The van der Waals surface area contributed by atoms with Gasteiger partial charge in [0.05, 0.1) is 11.2 Å². The van der Waals surface area contributed by atoms with Crippen LogP contribution in [0.3, 0.4) is 0 Å². The quantitative estimate of drug-likeness (QED) is 0.248. The predicted octanol–water partition coefficient (Wildman–Crippen LogP) is 7.46. The summed E-state index contributed by atoms with van der Waals surface area (Å²) in [6.45, 7) is 5.73. The highest BCUT2D eigenvalue weighted by molar-refractivity contribution is 5.88. The number of carbonyl (C=O) groups excluding carboxylic acids is 2. The second kappa shape index (κ2) is 11.8.